The Labute approximate surface area is 143 Å². The molecule has 128 valence electrons. The van der Waals surface area contributed by atoms with Crippen molar-refractivity contribution in [2.75, 3.05) is 18.5 Å². The number of piperazine rings is 1. The van der Waals surface area contributed by atoms with E-state index in [2.05, 4.69) is 16.0 Å². The Morgan fingerprint density at radius 3 is 2.92 bits per heavy atom. The maximum absolute atomic E-state index is 12.2. The van der Waals surface area contributed by atoms with Crippen molar-refractivity contribution in [1.82, 2.24) is 15.5 Å². The molecule has 0 radical (unpaired) electrons. The van der Waals surface area contributed by atoms with Gasteiger partial charge in [0.05, 0.1) is 12.6 Å². The summed E-state index contributed by atoms with van der Waals surface area (Å²) in [7, 11) is 0. The van der Waals surface area contributed by atoms with E-state index in [0.717, 1.165) is 0 Å². The Morgan fingerprint density at radius 2 is 2.21 bits per heavy atom. The molecule has 0 aliphatic carbocycles. The summed E-state index contributed by atoms with van der Waals surface area (Å²) in [6.45, 7) is -0.211. The van der Waals surface area contributed by atoms with Crippen molar-refractivity contribution in [1.29, 1.82) is 0 Å². The number of halogens is 1. The molecular weight excluding hydrogens is 336 g/mol. The van der Waals surface area contributed by atoms with E-state index >= 15 is 0 Å². The number of amides is 4. The summed E-state index contributed by atoms with van der Waals surface area (Å²) in [4.78, 5) is 37.6. The predicted molar refractivity (Wildman–Crippen MR) is 86.5 cm³/mol. The molecule has 0 bridgehead atoms. The summed E-state index contributed by atoms with van der Waals surface area (Å²) in [5.41, 5.74) is 0.546. The summed E-state index contributed by atoms with van der Waals surface area (Å²) >= 11 is 5.86. The fourth-order valence-corrected chi connectivity index (χ4v) is 3.20. The average Bonchev–Trinajstić information content (AvgIpc) is 2.95. The van der Waals surface area contributed by atoms with E-state index in [1.165, 1.54) is 4.90 Å². The van der Waals surface area contributed by atoms with Crippen molar-refractivity contribution in [2.24, 2.45) is 0 Å². The van der Waals surface area contributed by atoms with Gasteiger partial charge in [0, 0.05) is 17.3 Å². The molecule has 0 aromatic heterocycles. The van der Waals surface area contributed by atoms with Gasteiger partial charge in [0.1, 0.15) is 12.1 Å². The first-order valence-corrected chi connectivity index (χ1v) is 7.90. The third kappa shape index (κ3) is 3.29. The molecule has 2 heterocycles. The summed E-state index contributed by atoms with van der Waals surface area (Å²) in [6.07, 6.45) is 0.332. The highest BCUT2D eigenvalue weighted by Gasteiger charge is 2.46. The Bertz CT molecular complexity index is 683. The van der Waals surface area contributed by atoms with Gasteiger partial charge in [-0.05, 0) is 24.6 Å². The lowest BCUT2D eigenvalue weighted by Crippen LogP contribution is -2.62. The molecule has 2 saturated heterocycles. The third-order valence-corrected chi connectivity index (χ3v) is 4.34. The number of carbonyl (C=O) groups is 3. The van der Waals surface area contributed by atoms with Crippen molar-refractivity contribution in [3.63, 3.8) is 0 Å². The number of rotatable bonds is 3. The van der Waals surface area contributed by atoms with Gasteiger partial charge < -0.3 is 26.0 Å². The van der Waals surface area contributed by atoms with Crippen molar-refractivity contribution in [3.05, 3.63) is 29.3 Å². The number of benzene rings is 1. The van der Waals surface area contributed by atoms with Crippen LogP contribution in [0.1, 0.15) is 6.42 Å². The summed E-state index contributed by atoms with van der Waals surface area (Å²) in [5.74, 6) is -0.644. The summed E-state index contributed by atoms with van der Waals surface area (Å²) in [5, 5.41) is 17.5. The molecule has 2 fully saturated rings. The number of nitrogens with one attached hydrogen (secondary N) is 3. The number of aliphatic hydroxyl groups is 1. The zero-order valence-corrected chi connectivity index (χ0v) is 13.4. The molecule has 0 spiro atoms. The Morgan fingerprint density at radius 1 is 1.42 bits per heavy atom. The molecular formula is C15H17ClN4O4. The van der Waals surface area contributed by atoms with Crippen LogP contribution < -0.4 is 16.0 Å². The van der Waals surface area contributed by atoms with Crippen molar-refractivity contribution in [3.8, 4) is 0 Å². The molecule has 0 saturated carbocycles. The molecule has 3 atom stereocenters. The van der Waals surface area contributed by atoms with Crippen LogP contribution in [0, 0.1) is 0 Å². The maximum atomic E-state index is 12.2. The van der Waals surface area contributed by atoms with Gasteiger partial charge in [-0.1, -0.05) is 17.7 Å². The lowest BCUT2D eigenvalue weighted by atomic mass is 10.1. The Hall–Kier alpha value is -2.32. The second-order valence-corrected chi connectivity index (χ2v) is 6.23. The van der Waals surface area contributed by atoms with E-state index in [9.17, 15) is 14.4 Å². The zero-order valence-electron chi connectivity index (χ0n) is 12.7. The van der Waals surface area contributed by atoms with Crippen molar-refractivity contribution in [2.45, 2.75) is 24.5 Å². The summed E-state index contributed by atoms with van der Waals surface area (Å²) in [6, 6.07) is 4.42. The quantitative estimate of drug-likeness (QED) is 0.610. The first kappa shape index (κ1) is 16.5. The molecule has 24 heavy (non-hydrogen) atoms. The van der Waals surface area contributed by atoms with Gasteiger partial charge in [-0.15, -0.1) is 0 Å². The molecule has 2 aliphatic heterocycles. The standard InChI is InChI=1S/C15H17ClN4O4/c16-8-2-1-3-9(4-8)17-15(24)18-10-5-12-13(22)19-11(7-21)14(23)20(12)6-10/h1-4,10-12,21H,5-7H2,(H,19,22)(H2,17,18,24)/t10-,11+,12-/m0/s1. The molecule has 1 aromatic carbocycles. The SMILES string of the molecule is O=C(Nc1cccc(Cl)c1)N[C@H]1C[C@H]2C(=O)N[C@H](CO)C(=O)N2C1. The van der Waals surface area contributed by atoms with E-state index in [4.69, 9.17) is 16.7 Å². The molecule has 4 amide bonds. The number of aliphatic hydroxyl groups excluding tert-OH is 1. The van der Waals surface area contributed by atoms with Gasteiger partial charge in [-0.3, -0.25) is 9.59 Å². The van der Waals surface area contributed by atoms with Crippen LogP contribution in [0.15, 0.2) is 24.3 Å². The van der Waals surface area contributed by atoms with Gasteiger partial charge >= 0.3 is 6.03 Å². The minimum Gasteiger partial charge on any atom is -0.394 e. The number of hydrogen-bond acceptors (Lipinski definition) is 4. The first-order valence-electron chi connectivity index (χ1n) is 7.52. The van der Waals surface area contributed by atoms with Crippen molar-refractivity contribution >= 4 is 35.1 Å². The second kappa shape index (κ2) is 6.66. The van der Waals surface area contributed by atoms with Crippen LogP contribution in [0.2, 0.25) is 5.02 Å². The molecule has 0 unspecified atom stereocenters. The van der Waals surface area contributed by atoms with Crippen LogP contribution in [0.3, 0.4) is 0 Å². The van der Waals surface area contributed by atoms with Gasteiger partial charge in [-0.25, -0.2) is 4.79 Å². The molecule has 3 rings (SSSR count). The molecule has 8 nitrogen and oxygen atoms in total. The van der Waals surface area contributed by atoms with Crippen molar-refractivity contribution < 1.29 is 19.5 Å². The highest BCUT2D eigenvalue weighted by molar-refractivity contribution is 6.30. The predicted octanol–water partition coefficient (Wildman–Crippen LogP) is -0.0783. The monoisotopic (exact) mass is 352 g/mol. The number of fused-ring (bicyclic) bond motifs is 1. The minimum atomic E-state index is -0.909. The number of urea groups is 1. The van der Waals surface area contributed by atoms with E-state index in [1.807, 2.05) is 0 Å². The topological polar surface area (TPSA) is 111 Å². The molecule has 1 aromatic rings. The van der Waals surface area contributed by atoms with E-state index in [0.29, 0.717) is 17.1 Å². The highest BCUT2D eigenvalue weighted by Crippen LogP contribution is 2.23. The van der Waals surface area contributed by atoms with Gasteiger partial charge in [-0.2, -0.15) is 0 Å². The highest BCUT2D eigenvalue weighted by atomic mass is 35.5. The first-order chi connectivity index (χ1) is 11.5. The van der Waals surface area contributed by atoms with Gasteiger partial charge in [0.25, 0.3) is 0 Å². The average molecular weight is 353 g/mol. The maximum Gasteiger partial charge on any atom is 0.319 e. The fraction of sp³-hybridized carbons (Fsp3) is 0.400. The lowest BCUT2D eigenvalue weighted by Gasteiger charge is -2.33. The largest absolute Gasteiger partial charge is 0.394 e. The second-order valence-electron chi connectivity index (χ2n) is 5.79. The van der Waals surface area contributed by atoms with Crippen LogP contribution in [0.25, 0.3) is 0 Å². The molecule has 2 aliphatic rings. The Kier molecular flexibility index (Phi) is 4.59. The number of nitrogens with zero attached hydrogens (tertiary/aromatic N) is 1. The number of anilines is 1. The van der Waals surface area contributed by atoms with Crippen LogP contribution in [0.5, 0.6) is 0 Å². The van der Waals surface area contributed by atoms with E-state index < -0.39 is 24.7 Å². The molecule has 4 N–H and O–H groups in total. The Balaban J connectivity index is 1.60. The summed E-state index contributed by atoms with van der Waals surface area (Å²) < 4.78 is 0. The molecule has 9 heteroatoms. The number of carbonyl (C=O) groups excluding carboxylic acids is 3. The van der Waals surface area contributed by atoms with Crippen LogP contribution in [-0.2, 0) is 9.59 Å². The normalized spacial score (nSPS) is 25.9. The van der Waals surface area contributed by atoms with E-state index in [-0.39, 0.29) is 24.4 Å². The smallest absolute Gasteiger partial charge is 0.319 e. The van der Waals surface area contributed by atoms with Crippen LogP contribution in [0.4, 0.5) is 10.5 Å². The number of hydrogen-bond donors (Lipinski definition) is 4. The zero-order chi connectivity index (χ0) is 17.3. The van der Waals surface area contributed by atoms with E-state index in [1.54, 1.807) is 24.3 Å². The van der Waals surface area contributed by atoms with Gasteiger partial charge in [0.2, 0.25) is 11.8 Å². The minimum absolute atomic E-state index is 0.233. The van der Waals surface area contributed by atoms with Crippen LogP contribution in [-0.4, -0.2) is 59.1 Å². The fourth-order valence-electron chi connectivity index (χ4n) is 3.01. The third-order valence-electron chi connectivity index (χ3n) is 4.10. The lowest BCUT2D eigenvalue weighted by molar-refractivity contribution is -0.148. The van der Waals surface area contributed by atoms with Gasteiger partial charge in [0.15, 0.2) is 0 Å². The van der Waals surface area contributed by atoms with Crippen LogP contribution >= 0.6 is 11.6 Å².